The van der Waals surface area contributed by atoms with Crippen molar-refractivity contribution >= 4 is 22.0 Å². The summed E-state index contributed by atoms with van der Waals surface area (Å²) in [6.07, 6.45) is 43.1. The van der Waals surface area contributed by atoms with Crippen LogP contribution in [0.1, 0.15) is 207 Å². The molecule has 0 spiro atoms. The van der Waals surface area contributed by atoms with Gasteiger partial charge in [0.1, 0.15) is 6.04 Å². The van der Waals surface area contributed by atoms with E-state index in [4.69, 9.17) is 4.55 Å². The highest BCUT2D eigenvalue weighted by molar-refractivity contribution is 7.80. The standard InChI is InChI=1S/C41H77NO2.CH4O4S/c1-6-8-10-12-14-16-18-20-22-24-26-28-30-32-34-36-39(43)41(42(5)38(3)4)40(44)37-35-33-31-29-27-25-23-21-19-17-15-13-11-9-7-2;1-5-6(2,3)4/h20-23,38,41H,6-19,24-37H2,1-5H3;1H3,(H,2,3,4)/b22-20-,23-21-;. The van der Waals surface area contributed by atoms with Crippen molar-refractivity contribution in [2.75, 3.05) is 14.2 Å². The maximum Gasteiger partial charge on any atom is 0.397 e. The van der Waals surface area contributed by atoms with Crippen molar-refractivity contribution in [3.8, 4) is 0 Å². The third-order valence-corrected chi connectivity index (χ3v) is 9.83. The summed E-state index contributed by atoms with van der Waals surface area (Å²) in [5.41, 5.74) is 0. The van der Waals surface area contributed by atoms with Crippen molar-refractivity contribution in [3.05, 3.63) is 24.3 Å². The van der Waals surface area contributed by atoms with E-state index < -0.39 is 16.4 Å². The van der Waals surface area contributed by atoms with Gasteiger partial charge in [0.2, 0.25) is 0 Å². The Morgan fingerprint density at radius 2 is 0.820 bits per heavy atom. The molecule has 7 nitrogen and oxygen atoms in total. The van der Waals surface area contributed by atoms with E-state index in [9.17, 15) is 18.0 Å². The number of hydrogen-bond donors (Lipinski definition) is 1. The number of nitrogens with zero attached hydrogens (tertiary/aromatic N) is 1. The molecule has 8 heteroatoms. The normalized spacial score (nSPS) is 12.1. The van der Waals surface area contributed by atoms with Gasteiger partial charge in [0.05, 0.1) is 7.11 Å². The second-order valence-electron chi connectivity index (χ2n) is 14.4. The summed E-state index contributed by atoms with van der Waals surface area (Å²) >= 11 is 0. The number of likely N-dealkylation sites (N-methyl/N-ethyl adjacent to an activating group) is 1. The fourth-order valence-electron chi connectivity index (χ4n) is 5.95. The van der Waals surface area contributed by atoms with Crippen LogP contribution < -0.4 is 0 Å². The molecule has 0 atom stereocenters. The summed E-state index contributed by atoms with van der Waals surface area (Å²) in [5.74, 6) is 0.271. The third-order valence-electron chi connectivity index (χ3n) is 9.41. The molecular weight excluding hydrogens is 647 g/mol. The van der Waals surface area contributed by atoms with Crippen molar-refractivity contribution in [1.82, 2.24) is 4.90 Å². The molecule has 0 unspecified atom stereocenters. The lowest BCUT2D eigenvalue weighted by molar-refractivity contribution is -0.135. The lowest BCUT2D eigenvalue weighted by Gasteiger charge is -2.29. The van der Waals surface area contributed by atoms with Gasteiger partial charge in [-0.25, -0.2) is 0 Å². The smallest absolute Gasteiger partial charge is 0.297 e. The van der Waals surface area contributed by atoms with Gasteiger partial charge >= 0.3 is 10.4 Å². The van der Waals surface area contributed by atoms with E-state index in [1.807, 2.05) is 11.9 Å². The Balaban J connectivity index is 0. The first kappa shape index (κ1) is 50.8. The molecule has 50 heavy (non-hydrogen) atoms. The summed E-state index contributed by atoms with van der Waals surface area (Å²) < 4.78 is 29.7. The van der Waals surface area contributed by atoms with Gasteiger partial charge in [0, 0.05) is 18.9 Å². The first-order chi connectivity index (χ1) is 24.0. The Kier molecular flexibility index (Phi) is 38.0. The molecule has 0 fully saturated rings. The van der Waals surface area contributed by atoms with Crippen LogP contribution in [0.3, 0.4) is 0 Å². The molecule has 0 aromatic carbocycles. The van der Waals surface area contributed by atoms with E-state index in [0.29, 0.717) is 12.8 Å². The van der Waals surface area contributed by atoms with Crippen LogP contribution in [-0.2, 0) is 24.2 Å². The molecule has 0 radical (unpaired) electrons. The van der Waals surface area contributed by atoms with Gasteiger partial charge in [-0.1, -0.05) is 141 Å². The van der Waals surface area contributed by atoms with Crippen LogP contribution in [0.4, 0.5) is 0 Å². The van der Waals surface area contributed by atoms with Crippen LogP contribution in [0.5, 0.6) is 0 Å². The Hall–Kier alpha value is -1.35. The number of Topliss-reactive ketones (excluding diaryl/α,β-unsaturated/α-hetero) is 2. The fourth-order valence-corrected chi connectivity index (χ4v) is 5.95. The number of unbranched alkanes of at least 4 members (excludes halogenated alkanes) is 22. The lowest BCUT2D eigenvalue weighted by atomic mass is 9.96. The summed E-state index contributed by atoms with van der Waals surface area (Å²) in [6, 6.07) is -0.361. The quantitative estimate of drug-likeness (QED) is 0.0300. The predicted molar refractivity (Wildman–Crippen MR) is 214 cm³/mol. The van der Waals surface area contributed by atoms with Crippen LogP contribution in [0.15, 0.2) is 24.3 Å². The zero-order valence-corrected chi connectivity index (χ0v) is 34.4. The highest BCUT2D eigenvalue weighted by Crippen LogP contribution is 2.16. The van der Waals surface area contributed by atoms with Crippen molar-refractivity contribution in [3.63, 3.8) is 0 Å². The first-order valence-electron chi connectivity index (χ1n) is 20.6. The Labute approximate surface area is 310 Å². The first-order valence-corrected chi connectivity index (χ1v) is 22.0. The molecule has 296 valence electrons. The molecule has 0 aromatic rings. The summed E-state index contributed by atoms with van der Waals surface area (Å²) in [4.78, 5) is 28.3. The van der Waals surface area contributed by atoms with Gasteiger partial charge in [-0.05, 0) is 85.1 Å². The lowest BCUT2D eigenvalue weighted by Crippen LogP contribution is -2.47. The predicted octanol–water partition coefficient (Wildman–Crippen LogP) is 12.3. The second kappa shape index (κ2) is 37.4. The molecule has 0 bridgehead atoms. The highest BCUT2D eigenvalue weighted by Gasteiger charge is 2.30. The molecule has 1 N–H and O–H groups in total. The van der Waals surface area contributed by atoms with Crippen LogP contribution >= 0.6 is 0 Å². The van der Waals surface area contributed by atoms with Crippen LogP contribution in [0.25, 0.3) is 0 Å². The molecule has 0 amide bonds. The largest absolute Gasteiger partial charge is 0.397 e. The van der Waals surface area contributed by atoms with E-state index in [1.54, 1.807) is 0 Å². The van der Waals surface area contributed by atoms with Gasteiger partial charge in [-0.15, -0.1) is 0 Å². The number of allylic oxidation sites excluding steroid dienone is 4. The van der Waals surface area contributed by atoms with E-state index in [2.05, 4.69) is 56.2 Å². The molecule has 0 saturated carbocycles. The second-order valence-corrected chi connectivity index (χ2v) is 15.5. The Morgan fingerprint density at radius 1 is 0.560 bits per heavy atom. The van der Waals surface area contributed by atoms with E-state index in [0.717, 1.165) is 32.8 Å². The SMILES string of the molecule is CCCCCCCC/C=C\CCCCCCCC(=O)C(C(=O)CCCCCCC/C=C\CCCCCCCC)N(C)C(C)C.COS(=O)(=O)O. The van der Waals surface area contributed by atoms with Gasteiger partial charge in [-0.2, -0.15) is 8.42 Å². The zero-order valence-electron chi connectivity index (χ0n) is 33.6. The van der Waals surface area contributed by atoms with Crippen molar-refractivity contribution < 1.29 is 26.7 Å². The molecule has 0 saturated heterocycles. The summed E-state index contributed by atoms with van der Waals surface area (Å²) in [7, 11) is -1.34. The number of carbonyl (C=O) groups excluding carboxylic acids is 2. The maximum atomic E-state index is 13.1. The fraction of sp³-hybridized carbons (Fsp3) is 0.857. The highest BCUT2D eigenvalue weighted by atomic mass is 32.3. The minimum absolute atomic E-state index is 0.136. The van der Waals surface area contributed by atoms with E-state index in [-0.39, 0.29) is 17.6 Å². The number of rotatable bonds is 35. The molecule has 0 aromatic heterocycles. The molecule has 0 aliphatic carbocycles. The average Bonchev–Trinajstić information content (AvgIpc) is 3.08. The van der Waals surface area contributed by atoms with Crippen LogP contribution in [-0.4, -0.2) is 55.7 Å². The number of carbonyl (C=O) groups is 2. The van der Waals surface area contributed by atoms with Gasteiger partial charge in [0.25, 0.3) is 0 Å². The monoisotopic (exact) mass is 728 g/mol. The number of hydrogen-bond acceptors (Lipinski definition) is 6. The van der Waals surface area contributed by atoms with Crippen molar-refractivity contribution in [1.29, 1.82) is 0 Å². The molecular formula is C42H81NO6S. The van der Waals surface area contributed by atoms with Crippen molar-refractivity contribution in [2.24, 2.45) is 0 Å². The van der Waals surface area contributed by atoms with Gasteiger partial charge in [-0.3, -0.25) is 23.2 Å². The minimum atomic E-state index is -4.16. The third kappa shape index (κ3) is 36.4. The molecule has 0 heterocycles. The average molecular weight is 728 g/mol. The van der Waals surface area contributed by atoms with Gasteiger partial charge < -0.3 is 0 Å². The molecule has 0 aliphatic heterocycles. The van der Waals surface area contributed by atoms with Crippen LogP contribution in [0.2, 0.25) is 0 Å². The minimum Gasteiger partial charge on any atom is -0.297 e. The van der Waals surface area contributed by atoms with E-state index >= 15 is 0 Å². The Morgan fingerprint density at radius 3 is 1.08 bits per heavy atom. The Bertz CT molecular complexity index is 879. The molecule has 0 rings (SSSR count). The molecule has 0 aliphatic rings. The zero-order chi connectivity index (χ0) is 37.7. The van der Waals surface area contributed by atoms with Gasteiger partial charge in [0.15, 0.2) is 11.6 Å². The number of ketones is 2. The van der Waals surface area contributed by atoms with Crippen molar-refractivity contribution in [2.45, 2.75) is 220 Å². The summed E-state index contributed by atoms with van der Waals surface area (Å²) in [5, 5.41) is 0. The maximum absolute atomic E-state index is 13.1. The van der Waals surface area contributed by atoms with Crippen LogP contribution in [0, 0.1) is 0 Å². The summed E-state index contributed by atoms with van der Waals surface area (Å²) in [6.45, 7) is 8.71. The van der Waals surface area contributed by atoms with E-state index in [1.165, 1.54) is 141 Å². The topological polar surface area (TPSA) is 101 Å².